The average Bonchev–Trinajstić information content (AvgIpc) is 2.75. The van der Waals surface area contributed by atoms with Crippen LogP contribution in [-0.4, -0.2) is 24.2 Å². The third-order valence-corrected chi connectivity index (χ3v) is 8.91. The van der Waals surface area contributed by atoms with E-state index in [2.05, 4.69) is 38.8 Å². The van der Waals surface area contributed by atoms with Crippen LogP contribution < -0.4 is 0 Å². The Bertz CT molecular complexity index is 656. The quantitative estimate of drug-likeness (QED) is 0.621. The molecule has 114 valence electrons. The van der Waals surface area contributed by atoms with Crippen molar-refractivity contribution in [1.82, 2.24) is 9.55 Å². The molecule has 1 atom stereocenters. The van der Waals surface area contributed by atoms with Crippen LogP contribution in [0.5, 0.6) is 0 Å². The van der Waals surface area contributed by atoms with Crippen molar-refractivity contribution in [1.29, 1.82) is 0 Å². The lowest BCUT2D eigenvalue weighted by atomic mass is 10.2. The molecule has 0 amide bonds. The number of para-hydroxylation sites is 2. The van der Waals surface area contributed by atoms with E-state index in [9.17, 15) is 4.79 Å². The summed E-state index contributed by atoms with van der Waals surface area (Å²) >= 11 is 0. The van der Waals surface area contributed by atoms with Gasteiger partial charge in [-0.2, -0.15) is 0 Å². The predicted molar refractivity (Wildman–Crippen MR) is 88.1 cm³/mol. The van der Waals surface area contributed by atoms with E-state index >= 15 is 0 Å². The van der Waals surface area contributed by atoms with Gasteiger partial charge in [0.05, 0.1) is 11.0 Å². The summed E-state index contributed by atoms with van der Waals surface area (Å²) in [5, 5.41) is 0.124. The minimum Gasteiger partial charge on any atom is -0.397 e. The summed E-state index contributed by atoms with van der Waals surface area (Å²) in [6.07, 6.45) is 0.587. The topological polar surface area (TPSA) is 44.1 Å². The molecule has 0 saturated carbocycles. The number of rotatable bonds is 4. The Balaban J connectivity index is 2.44. The van der Waals surface area contributed by atoms with Gasteiger partial charge in [0.1, 0.15) is 6.23 Å². The molecule has 5 heteroatoms. The normalized spacial score (nSPS) is 14.4. The molecular weight excluding hydrogens is 280 g/mol. The molecule has 0 aliphatic rings. The standard InChI is InChI=1S/C16H24N2O2Si/c1-12(20-21(5,6)16(2,3)4)18-14-10-8-7-9-13(14)17-15(18)11-19/h7-12H,1-6H3. The Morgan fingerprint density at radius 3 is 2.48 bits per heavy atom. The number of aldehydes is 1. The third-order valence-electron chi connectivity index (χ3n) is 4.36. The second-order valence-electron chi connectivity index (χ2n) is 6.92. The maximum absolute atomic E-state index is 11.3. The van der Waals surface area contributed by atoms with E-state index in [4.69, 9.17) is 4.43 Å². The number of carbonyl (C=O) groups excluding carboxylic acids is 1. The molecule has 0 radical (unpaired) electrons. The Morgan fingerprint density at radius 2 is 1.90 bits per heavy atom. The highest BCUT2D eigenvalue weighted by Crippen LogP contribution is 2.39. The molecule has 0 saturated heterocycles. The van der Waals surface area contributed by atoms with Crippen LogP contribution in [0.25, 0.3) is 11.0 Å². The maximum Gasteiger partial charge on any atom is 0.194 e. The number of nitrogens with zero attached hydrogens (tertiary/aromatic N) is 2. The van der Waals surface area contributed by atoms with Crippen molar-refractivity contribution in [3.8, 4) is 0 Å². The van der Waals surface area contributed by atoms with Crippen LogP contribution >= 0.6 is 0 Å². The lowest BCUT2D eigenvalue weighted by Gasteiger charge is -2.38. The predicted octanol–water partition coefficient (Wildman–Crippen LogP) is 4.39. The van der Waals surface area contributed by atoms with Crippen LogP contribution in [0.4, 0.5) is 0 Å². The van der Waals surface area contributed by atoms with Crippen LogP contribution in [-0.2, 0) is 4.43 Å². The van der Waals surface area contributed by atoms with Crippen LogP contribution in [0.2, 0.25) is 18.1 Å². The molecule has 0 N–H and O–H groups in total. The Labute approximate surface area is 127 Å². The molecule has 2 aromatic rings. The molecule has 0 fully saturated rings. The van der Waals surface area contributed by atoms with Gasteiger partial charge in [-0.3, -0.25) is 9.36 Å². The summed E-state index contributed by atoms with van der Waals surface area (Å²) in [5.41, 5.74) is 1.76. The zero-order valence-electron chi connectivity index (χ0n) is 13.7. The van der Waals surface area contributed by atoms with Crippen LogP contribution in [0.15, 0.2) is 24.3 Å². The van der Waals surface area contributed by atoms with Crippen molar-refractivity contribution >= 4 is 25.6 Å². The Kier molecular flexibility index (Phi) is 4.08. The number of hydrogen-bond donors (Lipinski definition) is 0. The minimum absolute atomic E-state index is 0.124. The summed E-state index contributed by atoms with van der Waals surface area (Å²) < 4.78 is 8.29. The Morgan fingerprint density at radius 1 is 1.29 bits per heavy atom. The molecule has 0 spiro atoms. The van der Waals surface area contributed by atoms with Gasteiger partial charge in [0.2, 0.25) is 0 Å². The van der Waals surface area contributed by atoms with Crippen molar-refractivity contribution in [2.45, 2.75) is 52.1 Å². The van der Waals surface area contributed by atoms with E-state index in [-0.39, 0.29) is 11.3 Å². The highest BCUT2D eigenvalue weighted by atomic mass is 28.4. The Hall–Kier alpha value is -1.46. The van der Waals surface area contributed by atoms with Gasteiger partial charge in [-0.05, 0) is 37.2 Å². The number of fused-ring (bicyclic) bond motifs is 1. The molecule has 0 bridgehead atoms. The highest BCUT2D eigenvalue weighted by molar-refractivity contribution is 6.74. The molecule has 21 heavy (non-hydrogen) atoms. The number of carbonyl (C=O) groups is 1. The maximum atomic E-state index is 11.3. The first-order valence-electron chi connectivity index (χ1n) is 7.27. The van der Waals surface area contributed by atoms with E-state index in [1.165, 1.54) is 0 Å². The number of aromatic nitrogens is 2. The van der Waals surface area contributed by atoms with Gasteiger partial charge < -0.3 is 4.43 Å². The van der Waals surface area contributed by atoms with Crippen molar-refractivity contribution < 1.29 is 9.22 Å². The van der Waals surface area contributed by atoms with Crippen LogP contribution in [0.3, 0.4) is 0 Å². The fourth-order valence-electron chi connectivity index (χ4n) is 2.18. The second-order valence-corrected chi connectivity index (χ2v) is 11.7. The third kappa shape index (κ3) is 2.94. The van der Waals surface area contributed by atoms with Crippen molar-refractivity contribution in [3.63, 3.8) is 0 Å². The summed E-state index contributed by atoms with van der Waals surface area (Å²) in [4.78, 5) is 15.7. The lowest BCUT2D eigenvalue weighted by molar-refractivity contribution is 0.106. The van der Waals surface area contributed by atoms with Crippen molar-refractivity contribution in [2.75, 3.05) is 0 Å². The molecule has 4 nitrogen and oxygen atoms in total. The van der Waals surface area contributed by atoms with E-state index in [0.29, 0.717) is 5.82 Å². The van der Waals surface area contributed by atoms with Gasteiger partial charge in [-0.1, -0.05) is 32.9 Å². The van der Waals surface area contributed by atoms with Crippen molar-refractivity contribution in [3.05, 3.63) is 30.1 Å². The fraction of sp³-hybridized carbons (Fsp3) is 0.500. The number of benzene rings is 1. The van der Waals surface area contributed by atoms with E-state index in [1.807, 2.05) is 35.8 Å². The molecule has 0 aliphatic heterocycles. The molecular formula is C16H24N2O2Si. The lowest BCUT2D eigenvalue weighted by Crippen LogP contribution is -2.42. The summed E-state index contributed by atoms with van der Waals surface area (Å²) in [6, 6.07) is 7.76. The molecule has 2 rings (SSSR count). The van der Waals surface area contributed by atoms with Crippen molar-refractivity contribution in [2.24, 2.45) is 0 Å². The largest absolute Gasteiger partial charge is 0.397 e. The SMILES string of the molecule is CC(O[Si](C)(C)C(C)(C)C)n1c(C=O)nc2ccccc21. The van der Waals surface area contributed by atoms with Gasteiger partial charge >= 0.3 is 0 Å². The van der Waals surface area contributed by atoms with Gasteiger partial charge in [-0.25, -0.2) is 4.98 Å². The first-order chi connectivity index (χ1) is 9.67. The molecule has 1 heterocycles. The smallest absolute Gasteiger partial charge is 0.194 e. The molecule has 1 aromatic carbocycles. The highest BCUT2D eigenvalue weighted by Gasteiger charge is 2.39. The zero-order valence-corrected chi connectivity index (χ0v) is 14.7. The molecule has 1 aromatic heterocycles. The molecule has 1 unspecified atom stereocenters. The average molecular weight is 304 g/mol. The van der Waals surface area contributed by atoms with Gasteiger partial charge in [0.25, 0.3) is 0 Å². The monoisotopic (exact) mass is 304 g/mol. The summed E-state index contributed by atoms with van der Waals surface area (Å²) in [5.74, 6) is 0.419. The second kappa shape index (κ2) is 5.39. The zero-order chi connectivity index (χ0) is 15.8. The van der Waals surface area contributed by atoms with Gasteiger partial charge in [-0.15, -0.1) is 0 Å². The number of imidazole rings is 1. The number of hydrogen-bond acceptors (Lipinski definition) is 3. The van der Waals surface area contributed by atoms with Crippen LogP contribution in [0, 0.1) is 0 Å². The molecule has 0 aliphatic carbocycles. The fourth-order valence-corrected chi connectivity index (χ4v) is 3.50. The summed E-state index contributed by atoms with van der Waals surface area (Å²) in [7, 11) is -1.91. The summed E-state index contributed by atoms with van der Waals surface area (Å²) in [6.45, 7) is 13.0. The van der Waals surface area contributed by atoms with Crippen LogP contribution in [0.1, 0.15) is 44.5 Å². The van der Waals surface area contributed by atoms with E-state index in [1.54, 1.807) is 0 Å². The van der Waals surface area contributed by atoms with E-state index in [0.717, 1.165) is 17.3 Å². The van der Waals surface area contributed by atoms with E-state index < -0.39 is 8.32 Å². The van der Waals surface area contributed by atoms with Gasteiger partial charge in [0.15, 0.2) is 20.4 Å². The van der Waals surface area contributed by atoms with Gasteiger partial charge in [0, 0.05) is 0 Å². The minimum atomic E-state index is -1.91. The first kappa shape index (κ1) is 15.9. The first-order valence-corrected chi connectivity index (χ1v) is 10.2.